The van der Waals surface area contributed by atoms with Gasteiger partial charge in [-0.15, -0.1) is 0 Å². The molecule has 106 valence electrons. The van der Waals surface area contributed by atoms with Crippen molar-refractivity contribution in [2.75, 3.05) is 13.2 Å². The highest BCUT2D eigenvalue weighted by Crippen LogP contribution is 2.35. The van der Waals surface area contributed by atoms with Gasteiger partial charge < -0.3 is 9.47 Å². The van der Waals surface area contributed by atoms with Gasteiger partial charge in [-0.2, -0.15) is 13.2 Å². The summed E-state index contributed by atoms with van der Waals surface area (Å²) in [5.41, 5.74) is -0.284. The zero-order chi connectivity index (χ0) is 14.0. The van der Waals surface area contributed by atoms with Crippen LogP contribution in [0.15, 0.2) is 18.2 Å². The summed E-state index contributed by atoms with van der Waals surface area (Å²) in [6, 6.07) is 4.18. The third kappa shape index (κ3) is 4.13. The summed E-state index contributed by atoms with van der Waals surface area (Å²) in [6.45, 7) is 4.72. The molecule has 1 aliphatic heterocycles. The molecule has 1 aromatic carbocycles. The van der Waals surface area contributed by atoms with Gasteiger partial charge in [0.25, 0.3) is 0 Å². The molecule has 5 heteroatoms. The highest BCUT2D eigenvalue weighted by molar-refractivity contribution is 5.38. The summed E-state index contributed by atoms with van der Waals surface area (Å²) >= 11 is 0. The summed E-state index contributed by atoms with van der Waals surface area (Å²) in [4.78, 5) is 0. The van der Waals surface area contributed by atoms with Gasteiger partial charge in [-0.1, -0.05) is 19.9 Å². The average molecular weight is 274 g/mol. The first-order chi connectivity index (χ1) is 8.86. The standard InChI is InChI=1S/C14H17F3O2/c1-9(2)5-10-3-4-11(18-7-12-8-19-12)6-13(10)14(15,16)17/h3-4,6,9,12H,5,7-8H2,1-2H3. The number of epoxide rings is 1. The third-order valence-corrected chi connectivity index (χ3v) is 2.85. The molecule has 1 unspecified atom stereocenters. The van der Waals surface area contributed by atoms with Crippen molar-refractivity contribution in [3.8, 4) is 5.75 Å². The number of benzene rings is 1. The molecule has 1 heterocycles. The fourth-order valence-corrected chi connectivity index (χ4v) is 1.88. The molecule has 0 aliphatic carbocycles. The average Bonchev–Trinajstić information content (AvgIpc) is 3.09. The van der Waals surface area contributed by atoms with Gasteiger partial charge in [0.1, 0.15) is 18.5 Å². The second kappa shape index (κ2) is 5.41. The van der Waals surface area contributed by atoms with E-state index in [0.29, 0.717) is 25.2 Å². The van der Waals surface area contributed by atoms with Crippen molar-refractivity contribution in [2.45, 2.75) is 32.5 Å². The highest BCUT2D eigenvalue weighted by Gasteiger charge is 2.34. The number of rotatable bonds is 5. The number of alkyl halides is 3. The molecular formula is C14H17F3O2. The molecule has 2 rings (SSSR count). The fraction of sp³-hybridized carbons (Fsp3) is 0.571. The van der Waals surface area contributed by atoms with Crippen LogP contribution in [0.4, 0.5) is 13.2 Å². The molecule has 1 saturated heterocycles. The van der Waals surface area contributed by atoms with Gasteiger partial charge in [0.15, 0.2) is 0 Å². The maximum absolute atomic E-state index is 13.0. The van der Waals surface area contributed by atoms with Gasteiger partial charge in [0, 0.05) is 0 Å². The molecule has 0 spiro atoms. The third-order valence-electron chi connectivity index (χ3n) is 2.85. The summed E-state index contributed by atoms with van der Waals surface area (Å²) in [6.07, 6.45) is -3.91. The van der Waals surface area contributed by atoms with Crippen LogP contribution in [0.1, 0.15) is 25.0 Å². The van der Waals surface area contributed by atoms with E-state index in [9.17, 15) is 13.2 Å². The molecule has 0 radical (unpaired) electrons. The van der Waals surface area contributed by atoms with Crippen LogP contribution in [0.2, 0.25) is 0 Å². The molecule has 1 aromatic rings. The second-order valence-electron chi connectivity index (χ2n) is 5.18. The SMILES string of the molecule is CC(C)Cc1ccc(OCC2CO2)cc1C(F)(F)F. The van der Waals surface area contributed by atoms with Crippen molar-refractivity contribution in [3.05, 3.63) is 29.3 Å². The van der Waals surface area contributed by atoms with E-state index in [1.807, 2.05) is 13.8 Å². The van der Waals surface area contributed by atoms with Gasteiger partial charge in [0.05, 0.1) is 12.2 Å². The summed E-state index contributed by atoms with van der Waals surface area (Å²) in [5, 5.41) is 0. The highest BCUT2D eigenvalue weighted by atomic mass is 19.4. The van der Waals surface area contributed by atoms with E-state index in [0.717, 1.165) is 6.07 Å². The van der Waals surface area contributed by atoms with E-state index in [1.165, 1.54) is 6.07 Å². The minimum absolute atomic E-state index is 0.0321. The van der Waals surface area contributed by atoms with Gasteiger partial charge in [-0.05, 0) is 30.0 Å². The Balaban J connectivity index is 2.18. The molecule has 1 atom stereocenters. The molecule has 2 nitrogen and oxygen atoms in total. The number of hydrogen-bond acceptors (Lipinski definition) is 2. The van der Waals surface area contributed by atoms with Crippen LogP contribution in [-0.4, -0.2) is 19.3 Å². The van der Waals surface area contributed by atoms with E-state index in [4.69, 9.17) is 9.47 Å². The second-order valence-corrected chi connectivity index (χ2v) is 5.18. The maximum atomic E-state index is 13.0. The lowest BCUT2D eigenvalue weighted by atomic mass is 9.97. The van der Waals surface area contributed by atoms with Crippen LogP contribution in [0, 0.1) is 5.92 Å². The van der Waals surface area contributed by atoms with E-state index >= 15 is 0 Å². The molecule has 0 saturated carbocycles. The normalized spacial score (nSPS) is 18.7. The Morgan fingerprint density at radius 1 is 1.37 bits per heavy atom. The lowest BCUT2D eigenvalue weighted by molar-refractivity contribution is -0.138. The van der Waals surface area contributed by atoms with Crippen molar-refractivity contribution < 1.29 is 22.6 Å². The Bertz CT molecular complexity index is 437. The van der Waals surface area contributed by atoms with Crippen molar-refractivity contribution in [1.82, 2.24) is 0 Å². The lowest BCUT2D eigenvalue weighted by Crippen LogP contribution is -2.12. The molecular weight excluding hydrogens is 257 g/mol. The first-order valence-corrected chi connectivity index (χ1v) is 6.31. The van der Waals surface area contributed by atoms with Crippen LogP contribution in [0.25, 0.3) is 0 Å². The summed E-state index contributed by atoms with van der Waals surface area (Å²) in [7, 11) is 0. The molecule has 1 fully saturated rings. The minimum Gasteiger partial charge on any atom is -0.491 e. The maximum Gasteiger partial charge on any atom is 0.416 e. The Labute approximate surface area is 110 Å². The molecule has 0 aromatic heterocycles. The molecule has 19 heavy (non-hydrogen) atoms. The van der Waals surface area contributed by atoms with Crippen LogP contribution >= 0.6 is 0 Å². The van der Waals surface area contributed by atoms with Crippen molar-refractivity contribution in [1.29, 1.82) is 0 Å². The Morgan fingerprint density at radius 3 is 2.58 bits per heavy atom. The predicted molar refractivity (Wildman–Crippen MR) is 65.2 cm³/mol. The zero-order valence-electron chi connectivity index (χ0n) is 11.0. The minimum atomic E-state index is -4.35. The Hall–Kier alpha value is -1.23. The summed E-state index contributed by atoms with van der Waals surface area (Å²) < 4.78 is 49.3. The molecule has 0 bridgehead atoms. The quantitative estimate of drug-likeness (QED) is 0.764. The van der Waals surface area contributed by atoms with Crippen LogP contribution in [0.5, 0.6) is 5.75 Å². The Kier molecular flexibility index (Phi) is 4.04. The zero-order valence-corrected chi connectivity index (χ0v) is 11.0. The largest absolute Gasteiger partial charge is 0.491 e. The molecule has 0 amide bonds. The number of halogens is 3. The molecule has 0 N–H and O–H groups in total. The first-order valence-electron chi connectivity index (χ1n) is 6.31. The van der Waals surface area contributed by atoms with E-state index in [2.05, 4.69) is 0 Å². The van der Waals surface area contributed by atoms with E-state index < -0.39 is 11.7 Å². The molecule has 1 aliphatic rings. The summed E-state index contributed by atoms with van der Waals surface area (Å²) in [5.74, 6) is 0.420. The Morgan fingerprint density at radius 2 is 2.05 bits per heavy atom. The van der Waals surface area contributed by atoms with Gasteiger partial charge >= 0.3 is 6.18 Å². The van der Waals surface area contributed by atoms with Gasteiger partial charge in [0.2, 0.25) is 0 Å². The first kappa shape index (κ1) is 14.2. The van der Waals surface area contributed by atoms with Crippen LogP contribution in [-0.2, 0) is 17.3 Å². The van der Waals surface area contributed by atoms with Crippen LogP contribution in [0.3, 0.4) is 0 Å². The lowest BCUT2D eigenvalue weighted by Gasteiger charge is -2.16. The van der Waals surface area contributed by atoms with Crippen LogP contribution < -0.4 is 4.74 Å². The van der Waals surface area contributed by atoms with Crippen molar-refractivity contribution in [3.63, 3.8) is 0 Å². The van der Waals surface area contributed by atoms with Crippen molar-refractivity contribution in [2.24, 2.45) is 5.92 Å². The predicted octanol–water partition coefficient (Wildman–Crippen LogP) is 3.68. The smallest absolute Gasteiger partial charge is 0.416 e. The number of hydrogen-bond donors (Lipinski definition) is 0. The van der Waals surface area contributed by atoms with E-state index in [-0.39, 0.29) is 17.8 Å². The van der Waals surface area contributed by atoms with Gasteiger partial charge in [-0.3, -0.25) is 0 Å². The van der Waals surface area contributed by atoms with Gasteiger partial charge in [-0.25, -0.2) is 0 Å². The fourth-order valence-electron chi connectivity index (χ4n) is 1.88. The van der Waals surface area contributed by atoms with Crippen molar-refractivity contribution >= 4 is 0 Å². The monoisotopic (exact) mass is 274 g/mol. The number of ether oxygens (including phenoxy) is 2. The topological polar surface area (TPSA) is 21.8 Å². The van der Waals surface area contributed by atoms with E-state index in [1.54, 1.807) is 6.07 Å².